The zero-order chi connectivity index (χ0) is 20.4. The van der Waals surface area contributed by atoms with Gasteiger partial charge in [-0.05, 0) is 42.7 Å². The van der Waals surface area contributed by atoms with E-state index < -0.39 is 0 Å². The Kier molecular flexibility index (Phi) is 5.69. The molecule has 0 atom stereocenters. The van der Waals surface area contributed by atoms with Gasteiger partial charge in [-0.25, -0.2) is 4.68 Å². The number of aromatic nitrogens is 3. The minimum Gasteiger partial charge on any atom is -0.352 e. The third kappa shape index (κ3) is 4.21. The number of benzene rings is 1. The highest BCUT2D eigenvalue weighted by atomic mass is 35.5. The van der Waals surface area contributed by atoms with E-state index in [0.717, 1.165) is 22.2 Å². The van der Waals surface area contributed by atoms with Gasteiger partial charge in [0.25, 0.3) is 5.56 Å². The number of nitrogens with one attached hydrogen (secondary N) is 1. The molecule has 4 rings (SSSR count). The van der Waals surface area contributed by atoms with Crippen LogP contribution in [0.1, 0.15) is 30.2 Å². The second kappa shape index (κ2) is 8.39. The van der Waals surface area contributed by atoms with Gasteiger partial charge in [-0.15, -0.1) is 11.3 Å². The van der Waals surface area contributed by atoms with Crippen LogP contribution in [0.15, 0.2) is 47.5 Å². The maximum atomic E-state index is 12.7. The molecule has 1 aromatic carbocycles. The molecule has 0 saturated carbocycles. The van der Waals surface area contributed by atoms with Crippen molar-refractivity contribution < 1.29 is 4.79 Å². The van der Waals surface area contributed by atoms with Crippen molar-refractivity contribution in [2.45, 2.75) is 39.3 Å². The molecule has 0 radical (unpaired) electrons. The number of halogens is 1. The lowest BCUT2D eigenvalue weighted by atomic mass is 10.2. The molecule has 0 bridgehead atoms. The van der Waals surface area contributed by atoms with Gasteiger partial charge in [-0.1, -0.05) is 30.7 Å². The van der Waals surface area contributed by atoms with Gasteiger partial charge >= 0.3 is 0 Å². The predicted octanol–water partition coefficient (Wildman–Crippen LogP) is 4.02. The zero-order valence-corrected chi connectivity index (χ0v) is 17.6. The largest absolute Gasteiger partial charge is 0.352 e. The first kappa shape index (κ1) is 19.7. The van der Waals surface area contributed by atoms with Crippen molar-refractivity contribution in [1.29, 1.82) is 0 Å². The summed E-state index contributed by atoms with van der Waals surface area (Å²) in [5.74, 6) is -0.0515. The highest BCUT2D eigenvalue weighted by molar-refractivity contribution is 7.19. The molecule has 4 aromatic rings. The van der Waals surface area contributed by atoms with E-state index in [9.17, 15) is 9.59 Å². The maximum absolute atomic E-state index is 12.7. The number of carbonyl (C=O) groups is 1. The third-order valence-electron chi connectivity index (χ3n) is 4.86. The summed E-state index contributed by atoms with van der Waals surface area (Å²) in [6.07, 6.45) is 3.55. The summed E-state index contributed by atoms with van der Waals surface area (Å²) in [5, 5.41) is 7.84. The van der Waals surface area contributed by atoms with Gasteiger partial charge in [0, 0.05) is 29.4 Å². The van der Waals surface area contributed by atoms with E-state index in [0.29, 0.717) is 36.5 Å². The van der Waals surface area contributed by atoms with E-state index in [2.05, 4.69) is 23.4 Å². The number of amides is 1. The molecule has 1 N–H and O–H groups in total. The Bertz CT molecular complexity index is 1220. The van der Waals surface area contributed by atoms with Crippen molar-refractivity contribution in [3.05, 3.63) is 68.5 Å². The number of nitrogens with zero attached hydrogens (tertiary/aromatic N) is 3. The quantitative estimate of drug-likeness (QED) is 0.483. The first-order chi connectivity index (χ1) is 14.0. The molecule has 6 nitrogen and oxygen atoms in total. The fourth-order valence-electron chi connectivity index (χ4n) is 3.26. The van der Waals surface area contributed by atoms with E-state index in [1.165, 1.54) is 9.56 Å². The summed E-state index contributed by atoms with van der Waals surface area (Å²) >= 11 is 7.56. The number of hydrogen-bond acceptors (Lipinski definition) is 4. The summed E-state index contributed by atoms with van der Waals surface area (Å²) in [5.41, 5.74) is 2.51. The zero-order valence-electron chi connectivity index (χ0n) is 16.0. The SMILES string of the molecule is CCc1cc2c(cc3c(=O)n(CCCC(=O)NCc4ccc(Cl)cc4)ncn32)s1. The molecular formula is C21H21ClN4O2S. The number of fused-ring (bicyclic) bond motifs is 3. The molecule has 0 spiro atoms. The van der Waals surface area contributed by atoms with Crippen LogP contribution in [-0.2, 0) is 24.3 Å². The molecule has 0 fully saturated rings. The van der Waals surface area contributed by atoms with E-state index in [4.69, 9.17) is 11.6 Å². The normalized spacial score (nSPS) is 11.4. The van der Waals surface area contributed by atoms with Crippen LogP contribution in [0.3, 0.4) is 0 Å². The topological polar surface area (TPSA) is 68.4 Å². The minimum absolute atomic E-state index is 0.0515. The molecule has 3 heterocycles. The average molecular weight is 429 g/mol. The van der Waals surface area contributed by atoms with Gasteiger partial charge in [0.2, 0.25) is 5.91 Å². The van der Waals surface area contributed by atoms with Crippen molar-refractivity contribution in [1.82, 2.24) is 19.5 Å². The lowest BCUT2D eigenvalue weighted by Crippen LogP contribution is -2.26. The number of thiophene rings is 1. The molecule has 0 aliphatic rings. The predicted molar refractivity (Wildman–Crippen MR) is 117 cm³/mol. The highest BCUT2D eigenvalue weighted by Crippen LogP contribution is 2.28. The Morgan fingerprint density at radius 1 is 1.21 bits per heavy atom. The van der Waals surface area contributed by atoms with Crippen molar-refractivity contribution in [3.63, 3.8) is 0 Å². The molecular weight excluding hydrogens is 408 g/mol. The first-order valence-corrected chi connectivity index (χ1v) is 10.8. The second-order valence-corrected chi connectivity index (χ2v) is 8.49. The molecule has 150 valence electrons. The van der Waals surface area contributed by atoms with Gasteiger partial charge in [-0.2, -0.15) is 5.10 Å². The molecule has 8 heteroatoms. The van der Waals surface area contributed by atoms with Gasteiger partial charge in [0.1, 0.15) is 11.8 Å². The summed E-state index contributed by atoms with van der Waals surface area (Å²) in [6.45, 7) is 2.98. The van der Waals surface area contributed by atoms with Gasteiger partial charge in [0.15, 0.2) is 0 Å². The number of aryl methyl sites for hydroxylation is 2. The van der Waals surface area contributed by atoms with Crippen LogP contribution in [0.4, 0.5) is 0 Å². The van der Waals surface area contributed by atoms with Gasteiger partial charge < -0.3 is 5.32 Å². The molecule has 0 saturated heterocycles. The maximum Gasteiger partial charge on any atom is 0.291 e. The van der Waals surface area contributed by atoms with E-state index in [-0.39, 0.29) is 11.5 Å². The Hall–Kier alpha value is -2.64. The molecule has 29 heavy (non-hydrogen) atoms. The Balaban J connectivity index is 1.36. The standard InChI is InChI=1S/C21H21ClN4O2S/c1-2-16-10-17-19(29-16)11-18-21(28)26(24-13-25(17)18)9-3-4-20(27)23-12-14-5-7-15(22)8-6-14/h5-8,10-11,13H,2-4,9,12H2,1H3,(H,23,27). The minimum atomic E-state index is -0.129. The van der Waals surface area contributed by atoms with Crippen LogP contribution in [0.25, 0.3) is 15.7 Å². The van der Waals surface area contributed by atoms with Crippen molar-refractivity contribution in [2.24, 2.45) is 0 Å². The fourth-order valence-corrected chi connectivity index (χ4v) is 4.42. The Morgan fingerprint density at radius 2 is 2.00 bits per heavy atom. The van der Waals surface area contributed by atoms with Crippen molar-refractivity contribution >= 4 is 44.6 Å². The lowest BCUT2D eigenvalue weighted by molar-refractivity contribution is -0.121. The number of hydrogen-bond donors (Lipinski definition) is 1. The van der Waals surface area contributed by atoms with Gasteiger partial charge in [0.05, 0.1) is 10.2 Å². The third-order valence-corrected chi connectivity index (χ3v) is 6.33. The van der Waals surface area contributed by atoms with Crippen LogP contribution in [-0.4, -0.2) is 20.1 Å². The Labute approximate surface area is 176 Å². The average Bonchev–Trinajstić information content (AvgIpc) is 3.27. The Morgan fingerprint density at radius 3 is 2.76 bits per heavy atom. The van der Waals surface area contributed by atoms with Gasteiger partial charge in [-0.3, -0.25) is 14.0 Å². The highest BCUT2D eigenvalue weighted by Gasteiger charge is 2.12. The van der Waals surface area contributed by atoms with Crippen LogP contribution >= 0.6 is 22.9 Å². The van der Waals surface area contributed by atoms with E-state index >= 15 is 0 Å². The summed E-state index contributed by atoms with van der Waals surface area (Å²) in [4.78, 5) is 26.1. The monoisotopic (exact) mass is 428 g/mol. The molecule has 0 aliphatic carbocycles. The lowest BCUT2D eigenvalue weighted by Gasteiger charge is -2.07. The fraction of sp³-hybridized carbons (Fsp3) is 0.286. The number of carbonyl (C=O) groups excluding carboxylic acids is 1. The number of rotatable bonds is 7. The summed E-state index contributed by atoms with van der Waals surface area (Å²) in [6, 6.07) is 11.4. The van der Waals surface area contributed by atoms with Crippen LogP contribution < -0.4 is 10.9 Å². The van der Waals surface area contributed by atoms with Crippen molar-refractivity contribution in [2.75, 3.05) is 0 Å². The van der Waals surface area contributed by atoms with E-state index in [1.54, 1.807) is 29.8 Å². The molecule has 0 aliphatic heterocycles. The molecule has 3 aromatic heterocycles. The summed E-state index contributed by atoms with van der Waals surface area (Å²) < 4.78 is 4.38. The van der Waals surface area contributed by atoms with Crippen LogP contribution in [0, 0.1) is 0 Å². The van der Waals surface area contributed by atoms with Crippen LogP contribution in [0.5, 0.6) is 0 Å². The molecule has 1 amide bonds. The summed E-state index contributed by atoms with van der Waals surface area (Å²) in [7, 11) is 0. The second-order valence-electron chi connectivity index (χ2n) is 6.88. The smallest absolute Gasteiger partial charge is 0.291 e. The first-order valence-electron chi connectivity index (χ1n) is 9.56. The van der Waals surface area contributed by atoms with Crippen molar-refractivity contribution in [3.8, 4) is 0 Å². The molecule has 0 unspecified atom stereocenters. The van der Waals surface area contributed by atoms with Crippen LogP contribution in [0.2, 0.25) is 5.02 Å². The van der Waals surface area contributed by atoms with E-state index in [1.807, 2.05) is 22.6 Å².